The Bertz CT molecular complexity index is 1330. The number of nitrogens with zero attached hydrogens (tertiary/aromatic N) is 4. The molecule has 2 aliphatic heterocycles. The maximum atomic E-state index is 14.4. The van der Waals surface area contributed by atoms with E-state index in [9.17, 15) is 22.4 Å². The van der Waals surface area contributed by atoms with Crippen molar-refractivity contribution in [1.82, 2.24) is 14.9 Å². The molecule has 3 aromatic rings. The molecule has 3 aliphatic rings. The Labute approximate surface area is 204 Å². The van der Waals surface area contributed by atoms with Gasteiger partial charge in [0.1, 0.15) is 5.82 Å². The minimum atomic E-state index is -4.72. The van der Waals surface area contributed by atoms with Crippen molar-refractivity contribution in [3.63, 3.8) is 0 Å². The fourth-order valence-electron chi connectivity index (χ4n) is 5.16. The van der Waals surface area contributed by atoms with E-state index < -0.39 is 23.1 Å². The highest BCUT2D eigenvalue weighted by atomic mass is 19.4. The zero-order valence-electron chi connectivity index (χ0n) is 19.2. The average Bonchev–Trinajstić information content (AvgIpc) is 3.59. The van der Waals surface area contributed by atoms with Gasteiger partial charge in [-0.15, -0.1) is 0 Å². The van der Waals surface area contributed by atoms with Gasteiger partial charge in [0.2, 0.25) is 5.95 Å². The summed E-state index contributed by atoms with van der Waals surface area (Å²) in [6, 6.07) is 8.53. The van der Waals surface area contributed by atoms with E-state index in [-0.39, 0.29) is 16.9 Å². The first-order valence-corrected chi connectivity index (χ1v) is 11.7. The molecule has 6 nitrogen and oxygen atoms in total. The van der Waals surface area contributed by atoms with Crippen LogP contribution in [0.25, 0.3) is 11.1 Å². The van der Waals surface area contributed by atoms with Crippen molar-refractivity contribution in [3.8, 4) is 11.1 Å². The zero-order valence-corrected chi connectivity index (χ0v) is 19.2. The van der Waals surface area contributed by atoms with E-state index >= 15 is 0 Å². The number of rotatable bonds is 3. The summed E-state index contributed by atoms with van der Waals surface area (Å²) in [4.78, 5) is 25.4. The number of halogens is 4. The number of hydrogen-bond donors (Lipinski definition) is 0. The Hall–Kier alpha value is -3.53. The fraction of sp³-hybridized carbons (Fsp3) is 0.346. The van der Waals surface area contributed by atoms with Crippen LogP contribution in [0.1, 0.15) is 34.3 Å². The fourth-order valence-corrected chi connectivity index (χ4v) is 5.16. The molecule has 0 unspecified atom stereocenters. The Kier molecular flexibility index (Phi) is 5.26. The molecule has 1 spiro atoms. The molecule has 0 atom stereocenters. The molecule has 0 N–H and O–H groups in total. The topological polar surface area (TPSA) is 58.6 Å². The lowest BCUT2D eigenvalue weighted by Crippen LogP contribution is -2.40. The van der Waals surface area contributed by atoms with Gasteiger partial charge in [0.05, 0.1) is 18.8 Å². The molecule has 6 rings (SSSR count). The lowest BCUT2D eigenvalue weighted by atomic mass is 9.97. The van der Waals surface area contributed by atoms with E-state index in [0.29, 0.717) is 44.4 Å². The van der Waals surface area contributed by atoms with Gasteiger partial charge in [-0.1, -0.05) is 12.1 Å². The number of fused-ring (bicyclic) bond motifs is 2. The molecule has 36 heavy (non-hydrogen) atoms. The lowest BCUT2D eigenvalue weighted by molar-refractivity contribution is -0.137. The number of aromatic nitrogens is 2. The van der Waals surface area contributed by atoms with Gasteiger partial charge in [0.15, 0.2) is 0 Å². The summed E-state index contributed by atoms with van der Waals surface area (Å²) in [5.74, 6) is -0.770. The Balaban J connectivity index is 1.34. The van der Waals surface area contributed by atoms with Crippen LogP contribution in [0, 0.1) is 5.82 Å². The molecule has 1 saturated carbocycles. The number of alkyl halides is 3. The summed E-state index contributed by atoms with van der Waals surface area (Å²) in [5, 5.41) is 0. The Morgan fingerprint density at radius 3 is 2.42 bits per heavy atom. The van der Waals surface area contributed by atoms with E-state index in [0.717, 1.165) is 42.3 Å². The van der Waals surface area contributed by atoms with Crippen LogP contribution in [0.15, 0.2) is 48.8 Å². The molecule has 0 bridgehead atoms. The number of morpholine rings is 1. The molecule has 1 aromatic heterocycles. The Morgan fingerprint density at radius 1 is 1.03 bits per heavy atom. The molecule has 10 heteroatoms. The lowest BCUT2D eigenvalue weighted by Gasteiger charge is -2.27. The molecule has 3 heterocycles. The number of benzene rings is 2. The van der Waals surface area contributed by atoms with Crippen molar-refractivity contribution in [3.05, 3.63) is 71.3 Å². The SMILES string of the molecule is O=C(c1ccc2c(c1)N(c1ncc(-c3c(F)cccc3C(F)(F)F)cn1)CC21CC1)N1CCOCC1. The number of anilines is 2. The third-order valence-electron chi connectivity index (χ3n) is 7.21. The van der Waals surface area contributed by atoms with Gasteiger partial charge in [0, 0.05) is 59.8 Å². The molecule has 2 aromatic carbocycles. The highest BCUT2D eigenvalue weighted by Crippen LogP contribution is 2.57. The quantitative estimate of drug-likeness (QED) is 0.478. The minimum absolute atomic E-state index is 0.0348. The monoisotopic (exact) mass is 498 g/mol. The molecule has 1 amide bonds. The molecule has 1 saturated heterocycles. The van der Waals surface area contributed by atoms with Crippen molar-refractivity contribution >= 4 is 17.5 Å². The van der Waals surface area contributed by atoms with Crippen LogP contribution < -0.4 is 4.90 Å². The third-order valence-corrected chi connectivity index (χ3v) is 7.21. The van der Waals surface area contributed by atoms with Crippen LogP contribution in [0.4, 0.5) is 29.2 Å². The second kappa shape index (κ2) is 8.26. The smallest absolute Gasteiger partial charge is 0.378 e. The molecule has 2 fully saturated rings. The Morgan fingerprint density at radius 2 is 1.75 bits per heavy atom. The van der Waals surface area contributed by atoms with Crippen molar-refractivity contribution in [2.75, 3.05) is 37.7 Å². The number of amides is 1. The first-order chi connectivity index (χ1) is 17.3. The second-order valence-corrected chi connectivity index (χ2v) is 9.43. The summed E-state index contributed by atoms with van der Waals surface area (Å²) < 4.78 is 60.2. The zero-order chi connectivity index (χ0) is 25.1. The van der Waals surface area contributed by atoms with Gasteiger partial charge < -0.3 is 14.5 Å². The average molecular weight is 498 g/mol. The molecule has 0 radical (unpaired) electrons. The van der Waals surface area contributed by atoms with E-state index in [4.69, 9.17) is 4.74 Å². The predicted octanol–water partition coefficient (Wildman–Crippen LogP) is 4.96. The normalized spacial score (nSPS) is 18.4. The summed E-state index contributed by atoms with van der Waals surface area (Å²) >= 11 is 0. The summed E-state index contributed by atoms with van der Waals surface area (Å²) in [6.45, 7) is 2.69. The third kappa shape index (κ3) is 3.80. The van der Waals surface area contributed by atoms with Crippen LogP contribution in [0.3, 0.4) is 0 Å². The van der Waals surface area contributed by atoms with Crippen molar-refractivity contribution < 1.29 is 27.1 Å². The van der Waals surface area contributed by atoms with Gasteiger partial charge in [-0.3, -0.25) is 4.79 Å². The van der Waals surface area contributed by atoms with Crippen LogP contribution in [0.2, 0.25) is 0 Å². The standard InChI is InChI=1S/C26H22F4N4O2/c27-20-3-1-2-19(26(28,29)30)22(20)17-13-31-24(32-14-17)34-15-25(6-7-25)18-5-4-16(12-21(18)34)23(35)33-8-10-36-11-9-33/h1-5,12-14H,6-11,15H2. The number of carbonyl (C=O) groups is 1. The molecule has 186 valence electrons. The maximum Gasteiger partial charge on any atom is 0.417 e. The minimum Gasteiger partial charge on any atom is -0.378 e. The van der Waals surface area contributed by atoms with Gasteiger partial charge in [-0.25, -0.2) is 14.4 Å². The first kappa shape index (κ1) is 22.9. The van der Waals surface area contributed by atoms with Crippen LogP contribution >= 0.6 is 0 Å². The maximum absolute atomic E-state index is 14.4. The van der Waals surface area contributed by atoms with Gasteiger partial charge in [-0.05, 0) is 42.7 Å². The second-order valence-electron chi connectivity index (χ2n) is 9.43. The van der Waals surface area contributed by atoms with Gasteiger partial charge in [0.25, 0.3) is 5.91 Å². The van der Waals surface area contributed by atoms with E-state index in [2.05, 4.69) is 9.97 Å². The summed E-state index contributed by atoms with van der Waals surface area (Å²) in [6.07, 6.45) is -0.288. The summed E-state index contributed by atoms with van der Waals surface area (Å²) in [7, 11) is 0. The molecular formula is C26H22F4N4O2. The van der Waals surface area contributed by atoms with E-state index in [1.54, 1.807) is 4.90 Å². The van der Waals surface area contributed by atoms with Crippen LogP contribution in [-0.2, 0) is 16.3 Å². The van der Waals surface area contributed by atoms with Crippen molar-refractivity contribution in [1.29, 1.82) is 0 Å². The van der Waals surface area contributed by atoms with Crippen LogP contribution in [0.5, 0.6) is 0 Å². The molecule has 1 aliphatic carbocycles. The number of ether oxygens (including phenoxy) is 1. The number of hydrogen-bond acceptors (Lipinski definition) is 5. The van der Waals surface area contributed by atoms with Crippen molar-refractivity contribution in [2.45, 2.75) is 24.4 Å². The van der Waals surface area contributed by atoms with E-state index in [1.807, 2.05) is 23.1 Å². The highest BCUT2D eigenvalue weighted by molar-refractivity contribution is 5.96. The van der Waals surface area contributed by atoms with Crippen LogP contribution in [-0.4, -0.2) is 53.6 Å². The summed E-state index contributed by atoms with van der Waals surface area (Å²) in [5.41, 5.74) is 0.747. The van der Waals surface area contributed by atoms with Gasteiger partial charge in [-0.2, -0.15) is 13.2 Å². The first-order valence-electron chi connectivity index (χ1n) is 11.7. The molecular weight excluding hydrogens is 476 g/mol. The van der Waals surface area contributed by atoms with E-state index in [1.165, 1.54) is 12.4 Å². The predicted molar refractivity (Wildman–Crippen MR) is 124 cm³/mol. The van der Waals surface area contributed by atoms with Crippen molar-refractivity contribution in [2.24, 2.45) is 0 Å². The highest BCUT2D eigenvalue weighted by Gasteiger charge is 2.52. The number of carbonyl (C=O) groups excluding carboxylic acids is 1. The largest absolute Gasteiger partial charge is 0.417 e. The van der Waals surface area contributed by atoms with Gasteiger partial charge >= 0.3 is 6.18 Å².